The first-order valence-corrected chi connectivity index (χ1v) is 9.15. The third-order valence-corrected chi connectivity index (χ3v) is 5.08. The zero-order chi connectivity index (χ0) is 19.0. The highest BCUT2D eigenvalue weighted by Crippen LogP contribution is 2.42. The maximum atomic E-state index is 12.8. The summed E-state index contributed by atoms with van der Waals surface area (Å²) in [6.07, 6.45) is 3.64. The van der Waals surface area contributed by atoms with Gasteiger partial charge in [-0.2, -0.15) is 0 Å². The first kappa shape index (κ1) is 17.3. The number of Topliss-reactive ketones (excluding diaryl/α,β-unsaturated/α-hetero) is 1. The largest absolute Gasteiger partial charge is 0.463 e. The van der Waals surface area contributed by atoms with Gasteiger partial charge in [0.1, 0.15) is 5.82 Å². The standard InChI is InChI=1S/C21H21N3O3/c1-2-27-21(26)18-17(16-14(24-20(18)22)8-5-9-15(16)25)19-13-7-4-3-6-12(13)10-11-23-19/h3-4,6-7,10-11,17,24H,2,5,8-9,22H2,1H3. The summed E-state index contributed by atoms with van der Waals surface area (Å²) in [5, 5.41) is 4.96. The van der Waals surface area contributed by atoms with Crippen molar-refractivity contribution in [3.05, 3.63) is 64.9 Å². The van der Waals surface area contributed by atoms with E-state index < -0.39 is 11.9 Å². The van der Waals surface area contributed by atoms with Crippen LogP contribution in [0, 0.1) is 0 Å². The third kappa shape index (κ3) is 2.87. The van der Waals surface area contributed by atoms with E-state index in [9.17, 15) is 9.59 Å². The van der Waals surface area contributed by atoms with E-state index in [1.165, 1.54) is 0 Å². The highest BCUT2D eigenvalue weighted by molar-refractivity contribution is 6.04. The van der Waals surface area contributed by atoms with Crippen LogP contribution in [0.5, 0.6) is 0 Å². The molecule has 2 aliphatic rings. The van der Waals surface area contributed by atoms with Gasteiger partial charge in [-0.3, -0.25) is 9.78 Å². The summed E-state index contributed by atoms with van der Waals surface area (Å²) in [4.78, 5) is 30.2. The number of benzene rings is 1. The normalized spacial score (nSPS) is 19.7. The molecule has 6 nitrogen and oxygen atoms in total. The van der Waals surface area contributed by atoms with Gasteiger partial charge in [-0.15, -0.1) is 0 Å². The number of rotatable bonds is 3. The van der Waals surface area contributed by atoms with Crippen LogP contribution in [0.4, 0.5) is 0 Å². The van der Waals surface area contributed by atoms with E-state index >= 15 is 0 Å². The fourth-order valence-electron chi connectivity index (χ4n) is 3.94. The number of allylic oxidation sites excluding steroid dienone is 2. The zero-order valence-electron chi connectivity index (χ0n) is 15.1. The van der Waals surface area contributed by atoms with Crippen molar-refractivity contribution in [3.63, 3.8) is 0 Å². The molecule has 2 aromatic rings. The highest BCUT2D eigenvalue weighted by atomic mass is 16.5. The van der Waals surface area contributed by atoms with Crippen molar-refractivity contribution < 1.29 is 14.3 Å². The number of nitrogens with zero attached hydrogens (tertiary/aromatic N) is 1. The average Bonchev–Trinajstić information content (AvgIpc) is 2.67. The minimum Gasteiger partial charge on any atom is -0.463 e. The summed E-state index contributed by atoms with van der Waals surface area (Å²) in [5.74, 6) is -0.884. The maximum Gasteiger partial charge on any atom is 0.338 e. The molecule has 0 bridgehead atoms. The Kier molecular flexibility index (Phi) is 4.39. The number of pyridine rings is 1. The molecule has 4 rings (SSSR count). The van der Waals surface area contributed by atoms with Gasteiger partial charge in [0.05, 0.1) is 23.8 Å². The number of ketones is 1. The molecular formula is C21H21N3O3. The molecule has 0 saturated carbocycles. The van der Waals surface area contributed by atoms with Crippen LogP contribution in [-0.4, -0.2) is 23.3 Å². The second-order valence-corrected chi connectivity index (χ2v) is 6.69. The number of dihydropyridines is 1. The van der Waals surface area contributed by atoms with Gasteiger partial charge in [-0.25, -0.2) is 4.79 Å². The van der Waals surface area contributed by atoms with Gasteiger partial charge in [0.2, 0.25) is 0 Å². The first-order chi connectivity index (χ1) is 13.1. The van der Waals surface area contributed by atoms with E-state index in [0.29, 0.717) is 17.7 Å². The lowest BCUT2D eigenvalue weighted by Crippen LogP contribution is -2.38. The molecule has 27 heavy (non-hydrogen) atoms. The van der Waals surface area contributed by atoms with Gasteiger partial charge in [0.25, 0.3) is 0 Å². The van der Waals surface area contributed by atoms with Crippen molar-refractivity contribution in [2.45, 2.75) is 32.1 Å². The molecule has 0 amide bonds. The van der Waals surface area contributed by atoms with Crippen LogP contribution in [0.25, 0.3) is 10.8 Å². The molecule has 3 N–H and O–H groups in total. The number of hydrogen-bond donors (Lipinski definition) is 2. The van der Waals surface area contributed by atoms with E-state index in [4.69, 9.17) is 10.5 Å². The van der Waals surface area contributed by atoms with Crippen molar-refractivity contribution >= 4 is 22.5 Å². The molecule has 1 aliphatic carbocycles. The van der Waals surface area contributed by atoms with Crippen LogP contribution in [0.1, 0.15) is 37.8 Å². The Morgan fingerprint density at radius 2 is 2.11 bits per heavy atom. The summed E-state index contributed by atoms with van der Waals surface area (Å²) in [6, 6.07) is 9.71. The number of hydrogen-bond acceptors (Lipinski definition) is 6. The van der Waals surface area contributed by atoms with Gasteiger partial charge >= 0.3 is 5.97 Å². The van der Waals surface area contributed by atoms with Crippen LogP contribution < -0.4 is 11.1 Å². The minimum atomic E-state index is -0.626. The Morgan fingerprint density at radius 3 is 2.93 bits per heavy atom. The lowest BCUT2D eigenvalue weighted by Gasteiger charge is -2.33. The minimum absolute atomic E-state index is 0.0257. The van der Waals surface area contributed by atoms with Crippen LogP contribution in [-0.2, 0) is 14.3 Å². The van der Waals surface area contributed by atoms with E-state index in [2.05, 4.69) is 10.3 Å². The van der Waals surface area contributed by atoms with Crippen molar-refractivity contribution in [3.8, 4) is 0 Å². The number of nitrogens with two attached hydrogens (primary N) is 1. The molecule has 1 unspecified atom stereocenters. The highest BCUT2D eigenvalue weighted by Gasteiger charge is 2.40. The van der Waals surface area contributed by atoms with Gasteiger partial charge in [0, 0.05) is 29.3 Å². The third-order valence-electron chi connectivity index (χ3n) is 5.08. The molecule has 0 saturated heterocycles. The summed E-state index contributed by atoms with van der Waals surface area (Å²) < 4.78 is 5.25. The molecular weight excluding hydrogens is 342 g/mol. The monoisotopic (exact) mass is 363 g/mol. The number of ether oxygens (including phenoxy) is 1. The Labute approximate surface area is 157 Å². The smallest absolute Gasteiger partial charge is 0.338 e. The molecule has 1 atom stereocenters. The van der Waals surface area contributed by atoms with Crippen molar-refractivity contribution in [1.82, 2.24) is 10.3 Å². The fraction of sp³-hybridized carbons (Fsp3) is 0.286. The molecule has 0 fully saturated rings. The second-order valence-electron chi connectivity index (χ2n) is 6.69. The number of fused-ring (bicyclic) bond motifs is 1. The van der Waals surface area contributed by atoms with E-state index in [1.807, 2.05) is 30.3 Å². The van der Waals surface area contributed by atoms with Crippen LogP contribution in [0.2, 0.25) is 0 Å². The lowest BCUT2D eigenvalue weighted by molar-refractivity contribution is -0.138. The summed E-state index contributed by atoms with van der Waals surface area (Å²) >= 11 is 0. The van der Waals surface area contributed by atoms with Gasteiger partial charge in [0.15, 0.2) is 5.78 Å². The number of nitrogens with one attached hydrogen (secondary N) is 1. The molecule has 1 aromatic heterocycles. The molecule has 1 aromatic carbocycles. The molecule has 0 spiro atoms. The van der Waals surface area contributed by atoms with Crippen LogP contribution >= 0.6 is 0 Å². The second kappa shape index (κ2) is 6.87. The van der Waals surface area contributed by atoms with Crippen molar-refractivity contribution in [2.75, 3.05) is 6.61 Å². The molecule has 2 heterocycles. The van der Waals surface area contributed by atoms with E-state index in [-0.39, 0.29) is 23.8 Å². The lowest BCUT2D eigenvalue weighted by atomic mass is 9.76. The quantitative estimate of drug-likeness (QED) is 0.814. The SMILES string of the molecule is CCOC(=O)C1=C(N)NC2=C(C(=O)CCC2)C1c1nccc2ccccc12. The summed E-state index contributed by atoms with van der Waals surface area (Å²) in [7, 11) is 0. The van der Waals surface area contributed by atoms with Crippen molar-refractivity contribution in [2.24, 2.45) is 5.73 Å². The molecule has 138 valence electrons. The van der Waals surface area contributed by atoms with E-state index in [1.54, 1.807) is 13.1 Å². The van der Waals surface area contributed by atoms with Crippen LogP contribution in [0.3, 0.4) is 0 Å². The topological polar surface area (TPSA) is 94.3 Å². The molecule has 0 radical (unpaired) electrons. The maximum absolute atomic E-state index is 12.8. The Balaban J connectivity index is 1.98. The van der Waals surface area contributed by atoms with Gasteiger partial charge in [-0.1, -0.05) is 24.3 Å². The first-order valence-electron chi connectivity index (χ1n) is 9.15. The molecule has 1 aliphatic heterocycles. The number of carbonyl (C=O) groups excluding carboxylic acids is 2. The summed E-state index contributed by atoms with van der Waals surface area (Å²) in [5.41, 5.74) is 8.52. The number of esters is 1. The van der Waals surface area contributed by atoms with Gasteiger partial charge < -0.3 is 15.8 Å². The predicted molar refractivity (Wildman–Crippen MR) is 101 cm³/mol. The Morgan fingerprint density at radius 1 is 1.30 bits per heavy atom. The molecule has 6 heteroatoms. The van der Waals surface area contributed by atoms with Gasteiger partial charge in [-0.05, 0) is 31.2 Å². The van der Waals surface area contributed by atoms with Crippen molar-refractivity contribution in [1.29, 1.82) is 0 Å². The fourth-order valence-corrected chi connectivity index (χ4v) is 3.94. The van der Waals surface area contributed by atoms with Crippen LogP contribution in [0.15, 0.2) is 59.2 Å². The Hall–Kier alpha value is -3.15. The average molecular weight is 363 g/mol. The Bertz CT molecular complexity index is 1000. The predicted octanol–water partition coefficient (Wildman–Crippen LogP) is 2.66. The summed E-state index contributed by atoms with van der Waals surface area (Å²) in [6.45, 7) is 1.97. The number of aromatic nitrogens is 1. The van der Waals surface area contributed by atoms with E-state index in [0.717, 1.165) is 29.3 Å². The number of carbonyl (C=O) groups is 2. The zero-order valence-corrected chi connectivity index (χ0v) is 15.1.